The summed E-state index contributed by atoms with van der Waals surface area (Å²) in [6.07, 6.45) is 0. The second kappa shape index (κ2) is 9.59. The van der Waals surface area contributed by atoms with E-state index in [4.69, 9.17) is 4.42 Å². The van der Waals surface area contributed by atoms with Crippen LogP contribution in [0.5, 0.6) is 0 Å². The van der Waals surface area contributed by atoms with Crippen molar-refractivity contribution in [3.63, 3.8) is 0 Å². The molecule has 0 aliphatic rings. The average molecular weight is 568 g/mol. The van der Waals surface area contributed by atoms with Crippen molar-refractivity contribution in [3.8, 4) is 11.1 Å². The van der Waals surface area contributed by atoms with Gasteiger partial charge in [0.2, 0.25) is 0 Å². The van der Waals surface area contributed by atoms with Crippen LogP contribution in [0.4, 0.5) is 17.1 Å². The minimum absolute atomic E-state index is 0.915. The molecule has 2 nitrogen and oxygen atoms in total. The van der Waals surface area contributed by atoms with Crippen LogP contribution in [-0.4, -0.2) is 0 Å². The van der Waals surface area contributed by atoms with E-state index in [2.05, 4.69) is 150 Å². The number of hydrogen-bond donors (Lipinski definition) is 0. The van der Waals surface area contributed by atoms with Crippen molar-refractivity contribution in [2.75, 3.05) is 4.90 Å². The van der Waals surface area contributed by atoms with Crippen LogP contribution in [0.2, 0.25) is 0 Å². The third kappa shape index (κ3) is 3.79. The molecule has 0 saturated carbocycles. The Balaban J connectivity index is 1.26. The van der Waals surface area contributed by atoms with Gasteiger partial charge < -0.3 is 9.32 Å². The normalized spacial score (nSPS) is 11.7. The fourth-order valence-electron chi connectivity index (χ4n) is 6.52. The van der Waals surface area contributed by atoms with E-state index in [1.54, 1.807) is 0 Å². The maximum absolute atomic E-state index is 6.47. The highest BCUT2D eigenvalue weighted by Gasteiger charge is 2.20. The van der Waals surface area contributed by atoms with Gasteiger partial charge >= 0.3 is 0 Å². The van der Waals surface area contributed by atoms with Crippen molar-refractivity contribution >= 4 is 81.3 Å². The summed E-state index contributed by atoms with van der Waals surface area (Å²) in [5, 5.41) is 7.20. The molecular formula is C40H25NOS. The highest BCUT2D eigenvalue weighted by atomic mass is 32.1. The Hall–Kier alpha value is -5.38. The maximum Gasteiger partial charge on any atom is 0.143 e. The van der Waals surface area contributed by atoms with Gasteiger partial charge in [-0.15, -0.1) is 11.3 Å². The van der Waals surface area contributed by atoms with Crippen molar-refractivity contribution < 1.29 is 4.42 Å². The molecule has 9 aromatic rings. The summed E-state index contributed by atoms with van der Waals surface area (Å²) in [5.41, 5.74) is 7.64. The zero-order valence-corrected chi connectivity index (χ0v) is 24.0. The van der Waals surface area contributed by atoms with Gasteiger partial charge in [0.05, 0.1) is 5.69 Å². The number of fused-ring (bicyclic) bond motifs is 8. The zero-order chi connectivity index (χ0) is 28.3. The smallest absolute Gasteiger partial charge is 0.143 e. The van der Waals surface area contributed by atoms with Crippen molar-refractivity contribution in [3.05, 3.63) is 152 Å². The van der Waals surface area contributed by atoms with Crippen molar-refractivity contribution in [1.29, 1.82) is 0 Å². The first-order chi connectivity index (χ1) is 21.3. The molecule has 202 valence electrons. The monoisotopic (exact) mass is 567 g/mol. The molecule has 2 aromatic heterocycles. The summed E-state index contributed by atoms with van der Waals surface area (Å²) in [5.74, 6) is 0. The van der Waals surface area contributed by atoms with Crippen molar-refractivity contribution in [1.82, 2.24) is 0 Å². The molecule has 3 heteroatoms. The molecule has 0 bridgehead atoms. The summed E-state index contributed by atoms with van der Waals surface area (Å²) in [7, 11) is 0. The van der Waals surface area contributed by atoms with Crippen molar-refractivity contribution in [2.24, 2.45) is 0 Å². The van der Waals surface area contributed by atoms with E-state index in [1.165, 1.54) is 42.4 Å². The number of hydrogen-bond acceptors (Lipinski definition) is 3. The van der Waals surface area contributed by atoms with E-state index in [-0.39, 0.29) is 0 Å². The van der Waals surface area contributed by atoms with E-state index >= 15 is 0 Å². The van der Waals surface area contributed by atoms with E-state index in [0.29, 0.717) is 0 Å². The van der Waals surface area contributed by atoms with Crippen molar-refractivity contribution in [2.45, 2.75) is 0 Å². The van der Waals surface area contributed by atoms with Crippen LogP contribution in [0.25, 0.3) is 64.0 Å². The summed E-state index contributed by atoms with van der Waals surface area (Å²) in [4.78, 5) is 2.38. The lowest BCUT2D eigenvalue weighted by Crippen LogP contribution is -2.10. The molecule has 0 radical (unpaired) electrons. The molecule has 9 rings (SSSR count). The largest absolute Gasteiger partial charge is 0.455 e. The summed E-state index contributed by atoms with van der Waals surface area (Å²) in [6, 6.07) is 54.2. The standard InChI is InChI=1S/C40H25NOS/c1-2-12-28(13-3-1)41(34-17-10-20-37-39(34)32-16-7-9-19-36(32)43-37)29-23-21-26(22-24-29)33-25-27-11-4-5-14-30(27)40-38(33)31-15-6-8-18-35(31)42-40/h1-25H. The van der Waals surface area contributed by atoms with E-state index in [9.17, 15) is 0 Å². The molecule has 0 spiro atoms. The molecule has 0 atom stereocenters. The minimum atomic E-state index is 0.915. The van der Waals surface area contributed by atoms with Crippen LogP contribution in [0.15, 0.2) is 156 Å². The molecule has 0 fully saturated rings. The van der Waals surface area contributed by atoms with Crippen LogP contribution in [0.3, 0.4) is 0 Å². The number of furan rings is 1. The first-order valence-corrected chi connectivity index (χ1v) is 15.3. The Morgan fingerprint density at radius 3 is 2.02 bits per heavy atom. The van der Waals surface area contributed by atoms with Crippen LogP contribution in [-0.2, 0) is 0 Å². The number of benzene rings is 7. The lowest BCUT2D eigenvalue weighted by atomic mass is 9.95. The molecule has 0 aliphatic heterocycles. The molecule has 7 aromatic carbocycles. The highest BCUT2D eigenvalue weighted by molar-refractivity contribution is 7.26. The van der Waals surface area contributed by atoms with Gasteiger partial charge in [-0.3, -0.25) is 0 Å². The van der Waals surface area contributed by atoms with Gasteiger partial charge in [0.15, 0.2) is 0 Å². The van der Waals surface area contributed by atoms with E-state index in [1.807, 2.05) is 17.4 Å². The van der Waals surface area contributed by atoms with Gasteiger partial charge in [-0.2, -0.15) is 0 Å². The minimum Gasteiger partial charge on any atom is -0.455 e. The number of nitrogens with zero attached hydrogens (tertiary/aromatic N) is 1. The quantitative estimate of drug-likeness (QED) is 0.210. The third-order valence-corrected chi connectivity index (χ3v) is 9.58. The molecular weight excluding hydrogens is 543 g/mol. The molecule has 0 amide bonds. The number of anilines is 3. The Bertz CT molecular complexity index is 2450. The zero-order valence-electron chi connectivity index (χ0n) is 23.2. The molecule has 0 aliphatic carbocycles. The van der Waals surface area contributed by atoms with Gasteiger partial charge in [-0.25, -0.2) is 0 Å². The van der Waals surface area contributed by atoms with E-state index < -0.39 is 0 Å². The van der Waals surface area contributed by atoms with Crippen LogP contribution >= 0.6 is 11.3 Å². The van der Waals surface area contributed by atoms with Crippen LogP contribution < -0.4 is 4.90 Å². The lowest BCUT2D eigenvalue weighted by molar-refractivity contribution is 0.673. The predicted octanol–water partition coefficient (Wildman–Crippen LogP) is 12.2. The molecule has 0 N–H and O–H groups in total. The van der Waals surface area contributed by atoms with Gasteiger partial charge in [-0.1, -0.05) is 97.1 Å². The Labute approximate surface area is 252 Å². The number of para-hydroxylation sites is 2. The topological polar surface area (TPSA) is 16.4 Å². The average Bonchev–Trinajstić information content (AvgIpc) is 3.65. The van der Waals surface area contributed by atoms with Crippen LogP contribution in [0.1, 0.15) is 0 Å². The van der Waals surface area contributed by atoms with E-state index in [0.717, 1.165) is 38.7 Å². The number of thiophene rings is 1. The lowest BCUT2D eigenvalue weighted by Gasteiger charge is -2.26. The summed E-state index contributed by atoms with van der Waals surface area (Å²) < 4.78 is 9.07. The molecule has 43 heavy (non-hydrogen) atoms. The molecule has 0 unspecified atom stereocenters. The van der Waals surface area contributed by atoms with Gasteiger partial charge in [0.25, 0.3) is 0 Å². The molecule has 2 heterocycles. The first-order valence-electron chi connectivity index (χ1n) is 14.5. The predicted molar refractivity (Wildman–Crippen MR) is 184 cm³/mol. The second-order valence-electron chi connectivity index (χ2n) is 10.9. The Morgan fingerprint density at radius 1 is 0.488 bits per heavy atom. The second-order valence-corrected chi connectivity index (χ2v) is 12.0. The summed E-state index contributed by atoms with van der Waals surface area (Å²) >= 11 is 1.85. The Morgan fingerprint density at radius 2 is 1.16 bits per heavy atom. The van der Waals surface area contributed by atoms with Gasteiger partial charge in [0, 0.05) is 47.7 Å². The Kier molecular flexibility index (Phi) is 5.40. The first kappa shape index (κ1) is 24.2. The highest BCUT2D eigenvalue weighted by Crippen LogP contribution is 2.46. The molecule has 0 saturated heterocycles. The van der Waals surface area contributed by atoms with Crippen LogP contribution in [0, 0.1) is 0 Å². The summed E-state index contributed by atoms with van der Waals surface area (Å²) in [6.45, 7) is 0. The number of rotatable bonds is 4. The maximum atomic E-state index is 6.47. The van der Waals surface area contributed by atoms with Gasteiger partial charge in [0.1, 0.15) is 11.2 Å². The SMILES string of the molecule is c1ccc(N(c2ccc(-c3cc4ccccc4c4oc5ccccc5c34)cc2)c2cccc3sc4ccccc4c23)cc1. The van der Waals surface area contributed by atoms with Gasteiger partial charge in [-0.05, 0) is 71.1 Å². The fourth-order valence-corrected chi connectivity index (χ4v) is 7.65. The third-order valence-electron chi connectivity index (χ3n) is 8.44. The fraction of sp³-hybridized carbons (Fsp3) is 0.